The van der Waals surface area contributed by atoms with Crippen LogP contribution in [0, 0.1) is 23.2 Å². The van der Waals surface area contributed by atoms with Crippen LogP contribution in [-0.2, 0) is 0 Å². The number of rotatable bonds is 1. The van der Waals surface area contributed by atoms with Crippen molar-refractivity contribution in [2.45, 2.75) is 53.5 Å². The van der Waals surface area contributed by atoms with Gasteiger partial charge in [-0.2, -0.15) is 0 Å². The van der Waals surface area contributed by atoms with Crippen LogP contribution in [0.1, 0.15) is 48.0 Å². The average molecular weight is 209 g/mol. The molecule has 2 aliphatic rings. The summed E-state index contributed by atoms with van der Waals surface area (Å²) < 4.78 is 0. The molecule has 2 fully saturated rings. The van der Waals surface area contributed by atoms with Gasteiger partial charge < -0.3 is 0 Å². The summed E-state index contributed by atoms with van der Waals surface area (Å²) in [5.74, 6) is 3.11. The van der Waals surface area contributed by atoms with Gasteiger partial charge in [0, 0.05) is 18.6 Å². The van der Waals surface area contributed by atoms with Crippen molar-refractivity contribution in [1.29, 1.82) is 0 Å². The molecular weight excluding hydrogens is 182 g/mol. The Bertz CT molecular complexity index is 231. The Morgan fingerprint density at radius 1 is 0.933 bits per heavy atom. The Labute approximate surface area is 95.2 Å². The molecule has 0 radical (unpaired) electrons. The van der Waals surface area contributed by atoms with Crippen molar-refractivity contribution >= 4 is 0 Å². The summed E-state index contributed by atoms with van der Waals surface area (Å²) in [5.41, 5.74) is 0.918. The highest BCUT2D eigenvalue weighted by atomic mass is 15.2. The minimum Gasteiger partial charge on any atom is -0.298 e. The fourth-order valence-corrected chi connectivity index (χ4v) is 3.21. The van der Waals surface area contributed by atoms with E-state index in [-0.39, 0.29) is 0 Å². The summed E-state index contributed by atoms with van der Waals surface area (Å²) in [6.45, 7) is 16.9. The first-order chi connectivity index (χ1) is 6.68. The maximum atomic E-state index is 2.67. The Morgan fingerprint density at radius 3 is 1.73 bits per heavy atom. The van der Waals surface area contributed by atoms with E-state index < -0.39 is 0 Å². The number of hydrogen-bond donors (Lipinski definition) is 0. The molecule has 1 aliphatic carbocycles. The summed E-state index contributed by atoms with van der Waals surface area (Å²) in [6, 6.07) is 0. The monoisotopic (exact) mass is 209 g/mol. The van der Waals surface area contributed by atoms with Gasteiger partial charge in [-0.1, -0.05) is 20.8 Å². The summed E-state index contributed by atoms with van der Waals surface area (Å²) >= 11 is 0. The number of nitrogens with zero attached hydrogens (tertiary/aromatic N) is 1. The van der Waals surface area contributed by atoms with Gasteiger partial charge in [0.25, 0.3) is 0 Å². The SMILES string of the molecule is CC(C)(C)CC1C2CN(C(C)(C)C)CC21. The van der Waals surface area contributed by atoms with Crippen LogP contribution in [0.5, 0.6) is 0 Å². The van der Waals surface area contributed by atoms with Gasteiger partial charge in [0.15, 0.2) is 0 Å². The van der Waals surface area contributed by atoms with Crippen molar-refractivity contribution in [2.75, 3.05) is 13.1 Å². The molecular formula is C14H27N. The highest BCUT2D eigenvalue weighted by Gasteiger charge is 2.57. The smallest absolute Gasteiger partial charge is 0.0125 e. The average Bonchev–Trinajstić information content (AvgIpc) is 2.50. The Kier molecular flexibility index (Phi) is 2.46. The second-order valence-electron chi connectivity index (χ2n) is 7.83. The number of hydrogen-bond acceptors (Lipinski definition) is 1. The molecule has 0 aromatic rings. The van der Waals surface area contributed by atoms with Gasteiger partial charge in [-0.15, -0.1) is 0 Å². The van der Waals surface area contributed by atoms with Gasteiger partial charge in [-0.3, -0.25) is 4.90 Å². The van der Waals surface area contributed by atoms with Crippen LogP contribution < -0.4 is 0 Å². The molecule has 1 saturated heterocycles. The maximum Gasteiger partial charge on any atom is 0.0125 e. The van der Waals surface area contributed by atoms with Crippen LogP contribution >= 0.6 is 0 Å². The van der Waals surface area contributed by atoms with Crippen molar-refractivity contribution in [2.24, 2.45) is 23.2 Å². The van der Waals surface area contributed by atoms with Gasteiger partial charge in [-0.05, 0) is 50.4 Å². The maximum absolute atomic E-state index is 2.67. The molecule has 1 nitrogen and oxygen atoms in total. The third-order valence-electron chi connectivity index (χ3n) is 4.17. The Hall–Kier alpha value is -0.0400. The quantitative estimate of drug-likeness (QED) is 0.640. The molecule has 0 bridgehead atoms. The third kappa shape index (κ3) is 2.38. The predicted molar refractivity (Wildman–Crippen MR) is 65.9 cm³/mol. The summed E-state index contributed by atoms with van der Waals surface area (Å²) in [5, 5.41) is 0. The Balaban J connectivity index is 1.84. The normalized spacial score (nSPS) is 36.8. The highest BCUT2D eigenvalue weighted by molar-refractivity contribution is 5.07. The molecule has 1 saturated carbocycles. The molecule has 0 N–H and O–H groups in total. The fraction of sp³-hybridized carbons (Fsp3) is 1.00. The van der Waals surface area contributed by atoms with E-state index in [1.807, 2.05) is 0 Å². The van der Waals surface area contributed by atoms with Gasteiger partial charge in [0.2, 0.25) is 0 Å². The molecule has 1 heterocycles. The first-order valence-electron chi connectivity index (χ1n) is 6.43. The van der Waals surface area contributed by atoms with Crippen molar-refractivity contribution in [3.8, 4) is 0 Å². The van der Waals surface area contributed by atoms with E-state index in [1.54, 1.807) is 0 Å². The topological polar surface area (TPSA) is 3.24 Å². The van der Waals surface area contributed by atoms with E-state index >= 15 is 0 Å². The van der Waals surface area contributed by atoms with Gasteiger partial charge >= 0.3 is 0 Å². The first-order valence-corrected chi connectivity index (χ1v) is 6.43. The van der Waals surface area contributed by atoms with E-state index in [1.165, 1.54) is 19.5 Å². The van der Waals surface area contributed by atoms with Gasteiger partial charge in [0.05, 0.1) is 0 Å². The van der Waals surface area contributed by atoms with Crippen LogP contribution in [-0.4, -0.2) is 23.5 Å². The lowest BCUT2D eigenvalue weighted by Gasteiger charge is -2.34. The highest BCUT2D eigenvalue weighted by Crippen LogP contribution is 2.57. The van der Waals surface area contributed by atoms with Crippen LogP contribution in [0.15, 0.2) is 0 Å². The Morgan fingerprint density at radius 2 is 1.40 bits per heavy atom. The summed E-state index contributed by atoms with van der Waals surface area (Å²) in [4.78, 5) is 2.67. The molecule has 88 valence electrons. The van der Waals surface area contributed by atoms with Crippen LogP contribution in [0.2, 0.25) is 0 Å². The van der Waals surface area contributed by atoms with Crippen molar-refractivity contribution in [3.05, 3.63) is 0 Å². The van der Waals surface area contributed by atoms with Crippen molar-refractivity contribution in [3.63, 3.8) is 0 Å². The van der Waals surface area contributed by atoms with E-state index in [9.17, 15) is 0 Å². The lowest BCUT2D eigenvalue weighted by Crippen LogP contribution is -2.41. The van der Waals surface area contributed by atoms with Crippen molar-refractivity contribution in [1.82, 2.24) is 4.90 Å². The first kappa shape index (κ1) is 11.4. The van der Waals surface area contributed by atoms with Crippen molar-refractivity contribution < 1.29 is 0 Å². The third-order valence-corrected chi connectivity index (χ3v) is 4.17. The molecule has 15 heavy (non-hydrogen) atoms. The molecule has 1 heteroatoms. The molecule has 0 aromatic heterocycles. The number of fused-ring (bicyclic) bond motifs is 1. The summed E-state index contributed by atoms with van der Waals surface area (Å²) in [7, 11) is 0. The van der Waals surface area contributed by atoms with Crippen LogP contribution in [0.4, 0.5) is 0 Å². The standard InChI is InChI=1S/C14H27N/c1-13(2,3)7-10-11-8-15(9-12(10)11)14(4,5)6/h10-12H,7-9H2,1-6H3. The van der Waals surface area contributed by atoms with E-state index in [2.05, 4.69) is 46.4 Å². The van der Waals surface area contributed by atoms with Gasteiger partial charge in [0.1, 0.15) is 0 Å². The van der Waals surface area contributed by atoms with E-state index in [0.29, 0.717) is 11.0 Å². The minimum absolute atomic E-state index is 0.389. The molecule has 2 rings (SSSR count). The largest absolute Gasteiger partial charge is 0.298 e. The molecule has 1 aliphatic heterocycles. The second kappa shape index (κ2) is 3.23. The molecule has 0 amide bonds. The lowest BCUT2D eigenvalue weighted by molar-refractivity contribution is 0.141. The fourth-order valence-electron chi connectivity index (χ4n) is 3.21. The van der Waals surface area contributed by atoms with Gasteiger partial charge in [-0.25, -0.2) is 0 Å². The minimum atomic E-state index is 0.389. The lowest BCUT2D eigenvalue weighted by atomic mass is 9.88. The van der Waals surface area contributed by atoms with Crippen LogP contribution in [0.25, 0.3) is 0 Å². The second-order valence-corrected chi connectivity index (χ2v) is 7.83. The zero-order chi connectivity index (χ0) is 11.4. The summed E-state index contributed by atoms with van der Waals surface area (Å²) in [6.07, 6.45) is 1.43. The van der Waals surface area contributed by atoms with Crippen LogP contribution in [0.3, 0.4) is 0 Å². The predicted octanol–water partition coefficient (Wildman–Crippen LogP) is 3.40. The molecule has 2 atom stereocenters. The molecule has 0 spiro atoms. The molecule has 2 unspecified atom stereocenters. The zero-order valence-electron chi connectivity index (χ0n) is 11.3. The van der Waals surface area contributed by atoms with E-state index in [0.717, 1.165) is 17.8 Å². The zero-order valence-corrected chi connectivity index (χ0v) is 11.3. The van der Waals surface area contributed by atoms with E-state index in [4.69, 9.17) is 0 Å². The number of piperidine rings is 1. The number of likely N-dealkylation sites (tertiary alicyclic amines) is 1. The molecule has 0 aromatic carbocycles.